The molecule has 1 fully saturated rings. The molecule has 160 valence electrons. The minimum atomic E-state index is -0.455. The number of hydrogen-bond donors (Lipinski definition) is 0. The van der Waals surface area contributed by atoms with Crippen molar-refractivity contribution in [2.24, 2.45) is 0 Å². The fraction of sp³-hybridized carbons (Fsp3) is 0.318. The van der Waals surface area contributed by atoms with Crippen molar-refractivity contribution >= 4 is 17.8 Å². The van der Waals surface area contributed by atoms with Crippen LogP contribution in [0.3, 0.4) is 0 Å². The monoisotopic (exact) mass is 421 g/mol. The number of carbonyl (C=O) groups is 2. The van der Waals surface area contributed by atoms with E-state index in [0.717, 1.165) is 5.56 Å². The zero-order valence-electron chi connectivity index (χ0n) is 17.0. The SMILES string of the molecule is O=C(CCc1ncc(-c2ccccc2)o1)OCC(=O)N1CCN(c2ncccn2)CC1. The van der Waals surface area contributed by atoms with Crippen molar-refractivity contribution in [3.8, 4) is 11.3 Å². The third kappa shape index (κ3) is 5.44. The molecule has 31 heavy (non-hydrogen) atoms. The number of aryl methyl sites for hydroxylation is 1. The van der Waals surface area contributed by atoms with E-state index in [1.807, 2.05) is 35.2 Å². The smallest absolute Gasteiger partial charge is 0.306 e. The van der Waals surface area contributed by atoms with Crippen molar-refractivity contribution < 1.29 is 18.7 Å². The van der Waals surface area contributed by atoms with Gasteiger partial charge in [0, 0.05) is 50.6 Å². The van der Waals surface area contributed by atoms with Crippen LogP contribution in [0.15, 0.2) is 59.4 Å². The molecular formula is C22H23N5O4. The molecule has 9 nitrogen and oxygen atoms in total. The summed E-state index contributed by atoms with van der Waals surface area (Å²) in [5, 5.41) is 0. The van der Waals surface area contributed by atoms with Crippen molar-refractivity contribution in [1.82, 2.24) is 19.9 Å². The van der Waals surface area contributed by atoms with E-state index in [1.54, 1.807) is 29.6 Å². The van der Waals surface area contributed by atoms with Gasteiger partial charge in [-0.25, -0.2) is 15.0 Å². The van der Waals surface area contributed by atoms with Gasteiger partial charge in [0.05, 0.1) is 12.6 Å². The molecule has 1 aliphatic rings. The number of benzene rings is 1. The summed E-state index contributed by atoms with van der Waals surface area (Å²) < 4.78 is 10.8. The molecule has 0 unspecified atom stereocenters. The zero-order chi connectivity index (χ0) is 21.5. The number of esters is 1. The maximum absolute atomic E-state index is 12.3. The summed E-state index contributed by atoms with van der Waals surface area (Å²) in [7, 11) is 0. The Balaban J connectivity index is 1.17. The van der Waals surface area contributed by atoms with Crippen LogP contribution >= 0.6 is 0 Å². The first kappa shape index (κ1) is 20.5. The third-order valence-corrected chi connectivity index (χ3v) is 4.98. The standard InChI is InChI=1S/C22H23N5O4/c28-20(26-11-13-27(14-12-26)22-23-9-4-10-24-22)16-30-21(29)8-7-19-25-15-18(31-19)17-5-2-1-3-6-17/h1-6,9-10,15H,7-8,11-14,16H2. The summed E-state index contributed by atoms with van der Waals surface area (Å²) in [6, 6.07) is 11.4. The van der Waals surface area contributed by atoms with Crippen molar-refractivity contribution in [3.63, 3.8) is 0 Å². The summed E-state index contributed by atoms with van der Waals surface area (Å²) in [4.78, 5) is 40.7. The molecule has 1 saturated heterocycles. The van der Waals surface area contributed by atoms with Gasteiger partial charge in [-0.2, -0.15) is 0 Å². The van der Waals surface area contributed by atoms with Gasteiger partial charge in [-0.3, -0.25) is 9.59 Å². The minimum Gasteiger partial charge on any atom is -0.456 e. The second kappa shape index (κ2) is 9.84. The lowest BCUT2D eigenvalue weighted by atomic mass is 10.2. The molecule has 0 aliphatic carbocycles. The van der Waals surface area contributed by atoms with Crippen LogP contribution in [-0.2, 0) is 20.7 Å². The Kier molecular flexibility index (Phi) is 6.51. The lowest BCUT2D eigenvalue weighted by molar-refractivity contribution is -0.152. The number of nitrogens with zero attached hydrogens (tertiary/aromatic N) is 5. The van der Waals surface area contributed by atoms with Gasteiger partial charge in [0.2, 0.25) is 5.95 Å². The highest BCUT2D eigenvalue weighted by atomic mass is 16.5. The van der Waals surface area contributed by atoms with Crippen molar-refractivity contribution in [1.29, 1.82) is 0 Å². The van der Waals surface area contributed by atoms with Crippen LogP contribution in [0.5, 0.6) is 0 Å². The quantitative estimate of drug-likeness (QED) is 0.534. The molecule has 0 N–H and O–H groups in total. The Hall–Kier alpha value is -3.75. The van der Waals surface area contributed by atoms with Crippen LogP contribution in [0.25, 0.3) is 11.3 Å². The minimum absolute atomic E-state index is 0.0984. The van der Waals surface area contributed by atoms with E-state index in [1.165, 1.54) is 0 Å². The van der Waals surface area contributed by atoms with E-state index in [-0.39, 0.29) is 18.9 Å². The molecule has 4 rings (SSSR count). The van der Waals surface area contributed by atoms with E-state index >= 15 is 0 Å². The topological polar surface area (TPSA) is 102 Å². The molecule has 0 bridgehead atoms. The van der Waals surface area contributed by atoms with Crippen LogP contribution in [0.1, 0.15) is 12.3 Å². The molecule has 0 radical (unpaired) electrons. The molecule has 9 heteroatoms. The summed E-state index contributed by atoms with van der Waals surface area (Å²) in [5.41, 5.74) is 0.924. The highest BCUT2D eigenvalue weighted by molar-refractivity contribution is 5.81. The number of piperazine rings is 1. The van der Waals surface area contributed by atoms with Crippen LogP contribution in [0.4, 0.5) is 5.95 Å². The molecule has 0 saturated carbocycles. The number of oxazole rings is 1. The van der Waals surface area contributed by atoms with E-state index < -0.39 is 5.97 Å². The number of rotatable bonds is 7. The van der Waals surface area contributed by atoms with Crippen LogP contribution in [0, 0.1) is 0 Å². The molecule has 0 spiro atoms. The second-order valence-electron chi connectivity index (χ2n) is 7.06. The molecule has 3 aromatic rings. The van der Waals surface area contributed by atoms with Gasteiger partial charge in [-0.15, -0.1) is 0 Å². The van der Waals surface area contributed by atoms with E-state index in [4.69, 9.17) is 9.15 Å². The Morgan fingerprint density at radius 2 is 1.71 bits per heavy atom. The lowest BCUT2D eigenvalue weighted by Gasteiger charge is -2.34. The summed E-state index contributed by atoms with van der Waals surface area (Å²) in [5.74, 6) is 1.11. The predicted molar refractivity (Wildman–Crippen MR) is 112 cm³/mol. The summed E-state index contributed by atoms with van der Waals surface area (Å²) >= 11 is 0. The van der Waals surface area contributed by atoms with Gasteiger partial charge >= 0.3 is 5.97 Å². The van der Waals surface area contributed by atoms with Crippen LogP contribution in [0.2, 0.25) is 0 Å². The Morgan fingerprint density at radius 3 is 2.45 bits per heavy atom. The molecule has 1 aromatic carbocycles. The maximum atomic E-state index is 12.3. The molecule has 1 aliphatic heterocycles. The maximum Gasteiger partial charge on any atom is 0.306 e. The van der Waals surface area contributed by atoms with Gasteiger partial charge in [0.15, 0.2) is 18.3 Å². The summed E-state index contributed by atoms with van der Waals surface area (Å²) in [6.45, 7) is 2.08. The van der Waals surface area contributed by atoms with Crippen molar-refractivity contribution in [2.45, 2.75) is 12.8 Å². The number of aromatic nitrogens is 3. The highest BCUT2D eigenvalue weighted by Gasteiger charge is 2.23. The third-order valence-electron chi connectivity index (χ3n) is 4.98. The molecular weight excluding hydrogens is 398 g/mol. The Morgan fingerprint density at radius 1 is 0.968 bits per heavy atom. The fourth-order valence-electron chi connectivity index (χ4n) is 3.29. The normalized spacial score (nSPS) is 13.8. The van der Waals surface area contributed by atoms with Gasteiger partial charge in [-0.05, 0) is 6.07 Å². The van der Waals surface area contributed by atoms with E-state index in [2.05, 4.69) is 15.0 Å². The molecule has 0 atom stereocenters. The lowest BCUT2D eigenvalue weighted by Crippen LogP contribution is -2.50. The van der Waals surface area contributed by atoms with E-state index in [0.29, 0.717) is 50.2 Å². The Labute approximate surface area is 179 Å². The van der Waals surface area contributed by atoms with Crippen molar-refractivity contribution in [3.05, 3.63) is 60.9 Å². The highest BCUT2D eigenvalue weighted by Crippen LogP contribution is 2.20. The molecule has 1 amide bonds. The predicted octanol–water partition coefficient (Wildman–Crippen LogP) is 1.96. The first-order valence-electron chi connectivity index (χ1n) is 10.1. The van der Waals surface area contributed by atoms with Crippen LogP contribution < -0.4 is 4.90 Å². The Bertz CT molecular complexity index is 1000. The van der Waals surface area contributed by atoms with Gasteiger partial charge in [-0.1, -0.05) is 30.3 Å². The van der Waals surface area contributed by atoms with Crippen molar-refractivity contribution in [2.75, 3.05) is 37.7 Å². The van der Waals surface area contributed by atoms with Gasteiger partial charge in [0.25, 0.3) is 5.91 Å². The number of carbonyl (C=O) groups excluding carboxylic acids is 2. The largest absolute Gasteiger partial charge is 0.456 e. The number of amides is 1. The fourth-order valence-corrected chi connectivity index (χ4v) is 3.29. The average molecular weight is 421 g/mol. The number of hydrogen-bond acceptors (Lipinski definition) is 8. The second-order valence-corrected chi connectivity index (χ2v) is 7.06. The first-order valence-corrected chi connectivity index (χ1v) is 10.1. The average Bonchev–Trinajstić information content (AvgIpc) is 3.31. The molecule has 2 aromatic heterocycles. The van der Waals surface area contributed by atoms with Crippen LogP contribution in [-0.4, -0.2) is 64.5 Å². The zero-order valence-corrected chi connectivity index (χ0v) is 17.0. The van der Waals surface area contributed by atoms with E-state index in [9.17, 15) is 9.59 Å². The number of anilines is 1. The first-order chi connectivity index (χ1) is 15.2. The molecule has 3 heterocycles. The number of ether oxygens (including phenoxy) is 1. The van der Waals surface area contributed by atoms with Gasteiger partial charge < -0.3 is 19.0 Å². The summed E-state index contributed by atoms with van der Waals surface area (Å²) in [6.07, 6.45) is 5.44. The van der Waals surface area contributed by atoms with Gasteiger partial charge in [0.1, 0.15) is 0 Å².